The minimum atomic E-state index is 0.164. The molecule has 1 saturated carbocycles. The lowest BCUT2D eigenvalue weighted by atomic mass is 10.0. The van der Waals surface area contributed by atoms with E-state index >= 15 is 0 Å². The van der Waals surface area contributed by atoms with Crippen LogP contribution in [0.5, 0.6) is 5.75 Å². The van der Waals surface area contributed by atoms with Crippen LogP contribution in [0.25, 0.3) is 0 Å². The van der Waals surface area contributed by atoms with Gasteiger partial charge in [-0.3, -0.25) is 4.79 Å². The van der Waals surface area contributed by atoms with Crippen molar-refractivity contribution in [1.82, 2.24) is 16.0 Å². The van der Waals surface area contributed by atoms with Crippen molar-refractivity contribution in [3.63, 3.8) is 0 Å². The summed E-state index contributed by atoms with van der Waals surface area (Å²) >= 11 is 0. The standard InChI is InChI=1S/C20H32N4O2/c1-3-21-20(24-15-17-9-6-10-18(13-17)26-2)23-12-11-22-19(25)14-16-7-4-5-8-16/h6,9-10,13,16H,3-5,7-8,11-12,14-15H2,1-2H3,(H,22,25)(H2,21,23,24). The first-order valence-corrected chi connectivity index (χ1v) is 9.63. The molecule has 1 fully saturated rings. The molecule has 1 aliphatic carbocycles. The number of nitrogens with one attached hydrogen (secondary N) is 3. The number of nitrogens with zero attached hydrogens (tertiary/aromatic N) is 1. The molecule has 26 heavy (non-hydrogen) atoms. The van der Waals surface area contributed by atoms with Crippen LogP contribution < -0.4 is 20.7 Å². The molecule has 1 aromatic carbocycles. The van der Waals surface area contributed by atoms with Crippen molar-refractivity contribution in [3.8, 4) is 5.75 Å². The van der Waals surface area contributed by atoms with E-state index in [9.17, 15) is 4.79 Å². The van der Waals surface area contributed by atoms with E-state index < -0.39 is 0 Å². The van der Waals surface area contributed by atoms with E-state index in [4.69, 9.17) is 4.74 Å². The number of ether oxygens (including phenoxy) is 1. The number of amides is 1. The fourth-order valence-electron chi connectivity index (χ4n) is 3.21. The maximum Gasteiger partial charge on any atom is 0.220 e. The quantitative estimate of drug-likeness (QED) is 0.359. The molecule has 0 saturated heterocycles. The Bertz CT molecular complexity index is 583. The maximum atomic E-state index is 11.9. The number of carbonyl (C=O) groups is 1. The summed E-state index contributed by atoms with van der Waals surface area (Å²) < 4.78 is 5.24. The molecule has 1 amide bonds. The molecule has 0 radical (unpaired) electrons. The Morgan fingerprint density at radius 1 is 1.19 bits per heavy atom. The van der Waals surface area contributed by atoms with Crippen LogP contribution in [0.2, 0.25) is 0 Å². The van der Waals surface area contributed by atoms with E-state index in [0.29, 0.717) is 32.0 Å². The first-order valence-electron chi connectivity index (χ1n) is 9.63. The summed E-state index contributed by atoms with van der Waals surface area (Å²) in [5.41, 5.74) is 1.09. The average Bonchev–Trinajstić information content (AvgIpc) is 3.16. The fraction of sp³-hybridized carbons (Fsp3) is 0.600. The summed E-state index contributed by atoms with van der Waals surface area (Å²) in [5.74, 6) is 2.34. The fourth-order valence-corrected chi connectivity index (χ4v) is 3.21. The number of guanidine groups is 1. The normalized spacial score (nSPS) is 14.9. The molecule has 6 heteroatoms. The first kappa shape index (κ1) is 20.1. The highest BCUT2D eigenvalue weighted by Gasteiger charge is 2.17. The third-order valence-electron chi connectivity index (χ3n) is 4.59. The Morgan fingerprint density at radius 3 is 2.69 bits per heavy atom. The van der Waals surface area contributed by atoms with Gasteiger partial charge in [-0.15, -0.1) is 0 Å². The number of hydrogen-bond acceptors (Lipinski definition) is 3. The summed E-state index contributed by atoms with van der Waals surface area (Å²) in [5, 5.41) is 9.48. The summed E-state index contributed by atoms with van der Waals surface area (Å²) in [6.07, 6.45) is 5.62. The number of methoxy groups -OCH3 is 1. The first-order chi connectivity index (χ1) is 12.7. The molecule has 0 heterocycles. The van der Waals surface area contributed by atoms with Gasteiger partial charge in [0.05, 0.1) is 13.7 Å². The summed E-state index contributed by atoms with van der Waals surface area (Å²) in [4.78, 5) is 16.5. The van der Waals surface area contributed by atoms with E-state index in [1.165, 1.54) is 25.7 Å². The molecule has 0 aliphatic heterocycles. The van der Waals surface area contributed by atoms with E-state index in [1.54, 1.807) is 7.11 Å². The van der Waals surface area contributed by atoms with Gasteiger partial charge in [-0.05, 0) is 43.4 Å². The number of carbonyl (C=O) groups excluding carboxylic acids is 1. The van der Waals surface area contributed by atoms with Gasteiger partial charge in [0.25, 0.3) is 0 Å². The van der Waals surface area contributed by atoms with Gasteiger partial charge < -0.3 is 20.7 Å². The Balaban J connectivity index is 1.71. The highest BCUT2D eigenvalue weighted by molar-refractivity contribution is 5.80. The molecular formula is C20H32N4O2. The summed E-state index contributed by atoms with van der Waals surface area (Å²) in [6, 6.07) is 7.89. The van der Waals surface area contributed by atoms with E-state index in [1.807, 2.05) is 31.2 Å². The lowest BCUT2D eigenvalue weighted by molar-refractivity contribution is -0.121. The second kappa shape index (κ2) is 11.4. The van der Waals surface area contributed by atoms with Crippen LogP contribution in [0.15, 0.2) is 29.3 Å². The molecule has 0 unspecified atom stereocenters. The van der Waals surface area contributed by atoms with Gasteiger partial charge >= 0.3 is 0 Å². The van der Waals surface area contributed by atoms with Crippen LogP contribution in [-0.4, -0.2) is 38.6 Å². The second-order valence-corrected chi connectivity index (χ2v) is 6.68. The lowest BCUT2D eigenvalue weighted by Crippen LogP contribution is -2.41. The van der Waals surface area contributed by atoms with Crippen molar-refractivity contribution < 1.29 is 9.53 Å². The molecule has 2 rings (SSSR count). The largest absolute Gasteiger partial charge is 0.497 e. The lowest BCUT2D eigenvalue weighted by Gasteiger charge is -2.13. The van der Waals surface area contributed by atoms with Crippen molar-refractivity contribution in [2.75, 3.05) is 26.7 Å². The van der Waals surface area contributed by atoms with Crippen molar-refractivity contribution in [1.29, 1.82) is 0 Å². The zero-order valence-corrected chi connectivity index (χ0v) is 16.0. The highest BCUT2D eigenvalue weighted by Crippen LogP contribution is 2.27. The Kier molecular flexibility index (Phi) is 8.79. The van der Waals surface area contributed by atoms with Gasteiger partial charge in [0.1, 0.15) is 5.75 Å². The SMILES string of the molecule is CCNC(=NCc1cccc(OC)c1)NCCNC(=O)CC1CCCC1. The zero-order valence-electron chi connectivity index (χ0n) is 16.0. The molecule has 0 atom stereocenters. The van der Waals surface area contributed by atoms with Crippen LogP contribution in [0.1, 0.15) is 44.6 Å². The van der Waals surface area contributed by atoms with E-state index in [2.05, 4.69) is 20.9 Å². The third kappa shape index (κ3) is 7.33. The Morgan fingerprint density at radius 2 is 1.96 bits per heavy atom. The van der Waals surface area contributed by atoms with Crippen LogP contribution in [0, 0.1) is 5.92 Å². The average molecular weight is 361 g/mol. The molecule has 0 aromatic heterocycles. The van der Waals surface area contributed by atoms with Crippen molar-refractivity contribution >= 4 is 11.9 Å². The highest BCUT2D eigenvalue weighted by atomic mass is 16.5. The topological polar surface area (TPSA) is 74.8 Å². The van der Waals surface area contributed by atoms with Gasteiger partial charge in [-0.25, -0.2) is 4.99 Å². The molecule has 144 valence electrons. The van der Waals surface area contributed by atoms with Crippen molar-refractivity contribution in [2.24, 2.45) is 10.9 Å². The molecule has 3 N–H and O–H groups in total. The summed E-state index contributed by atoms with van der Waals surface area (Å²) in [7, 11) is 1.66. The monoisotopic (exact) mass is 360 g/mol. The van der Waals surface area contributed by atoms with Gasteiger partial charge in [0.2, 0.25) is 5.91 Å². The minimum absolute atomic E-state index is 0.164. The minimum Gasteiger partial charge on any atom is -0.497 e. The van der Waals surface area contributed by atoms with Crippen LogP contribution in [0.3, 0.4) is 0 Å². The third-order valence-corrected chi connectivity index (χ3v) is 4.59. The van der Waals surface area contributed by atoms with Gasteiger partial charge in [-0.2, -0.15) is 0 Å². The predicted molar refractivity (Wildman–Crippen MR) is 105 cm³/mol. The van der Waals surface area contributed by atoms with Gasteiger partial charge in [0, 0.05) is 26.1 Å². The smallest absolute Gasteiger partial charge is 0.220 e. The Labute approximate surface area is 156 Å². The van der Waals surface area contributed by atoms with Crippen LogP contribution in [-0.2, 0) is 11.3 Å². The number of hydrogen-bond donors (Lipinski definition) is 3. The molecule has 0 bridgehead atoms. The van der Waals surface area contributed by atoms with Gasteiger partial charge in [-0.1, -0.05) is 25.0 Å². The molecule has 0 spiro atoms. The molecule has 6 nitrogen and oxygen atoms in total. The number of rotatable bonds is 9. The summed E-state index contributed by atoms with van der Waals surface area (Å²) in [6.45, 7) is 4.65. The van der Waals surface area contributed by atoms with Crippen molar-refractivity contribution in [3.05, 3.63) is 29.8 Å². The number of aliphatic imine (C=N–C) groups is 1. The zero-order chi connectivity index (χ0) is 18.6. The Hall–Kier alpha value is -2.24. The molecule has 1 aliphatic rings. The van der Waals surface area contributed by atoms with E-state index in [-0.39, 0.29) is 5.91 Å². The number of benzene rings is 1. The van der Waals surface area contributed by atoms with Crippen LogP contribution in [0.4, 0.5) is 0 Å². The van der Waals surface area contributed by atoms with Crippen LogP contribution >= 0.6 is 0 Å². The second-order valence-electron chi connectivity index (χ2n) is 6.68. The van der Waals surface area contributed by atoms with Crippen molar-refractivity contribution in [2.45, 2.75) is 45.6 Å². The van der Waals surface area contributed by atoms with E-state index in [0.717, 1.165) is 23.8 Å². The predicted octanol–water partition coefficient (Wildman–Crippen LogP) is 2.45. The van der Waals surface area contributed by atoms with Gasteiger partial charge in [0.15, 0.2) is 5.96 Å². The molecular weight excluding hydrogens is 328 g/mol. The maximum absolute atomic E-state index is 11.9. The molecule has 1 aromatic rings.